The first kappa shape index (κ1) is 22.9. The van der Waals surface area contributed by atoms with Crippen LogP contribution in [0.5, 0.6) is 23.0 Å². The smallest absolute Gasteiger partial charge is 0.233 e. The van der Waals surface area contributed by atoms with Crippen LogP contribution in [0, 0.1) is 0 Å². The van der Waals surface area contributed by atoms with Gasteiger partial charge in [-0.2, -0.15) is 20.1 Å². The fourth-order valence-electron chi connectivity index (χ4n) is 2.93. The molecule has 0 fully saturated rings. The number of ether oxygens (including phenoxy) is 4. The van der Waals surface area contributed by atoms with E-state index < -0.39 is 0 Å². The van der Waals surface area contributed by atoms with Crippen LogP contribution in [-0.2, 0) is 0 Å². The number of hydrogen-bond donors (Lipinski definition) is 3. The minimum absolute atomic E-state index is 0.312. The molecule has 4 aromatic rings. The van der Waals surface area contributed by atoms with Gasteiger partial charge < -0.3 is 29.6 Å². The largest absolute Gasteiger partial charge is 0.493 e. The van der Waals surface area contributed by atoms with Crippen molar-refractivity contribution in [3.05, 3.63) is 42.7 Å². The third-order valence-corrected chi connectivity index (χ3v) is 5.23. The van der Waals surface area contributed by atoms with E-state index >= 15 is 0 Å². The van der Waals surface area contributed by atoms with Crippen molar-refractivity contribution in [3.8, 4) is 23.0 Å². The van der Waals surface area contributed by atoms with Gasteiger partial charge in [0.25, 0.3) is 0 Å². The van der Waals surface area contributed by atoms with Gasteiger partial charge in [-0.25, -0.2) is 4.98 Å². The van der Waals surface area contributed by atoms with Crippen molar-refractivity contribution in [2.45, 2.75) is 10.3 Å². The van der Waals surface area contributed by atoms with Gasteiger partial charge in [0.15, 0.2) is 28.2 Å². The van der Waals surface area contributed by atoms with E-state index in [-0.39, 0.29) is 0 Å². The van der Waals surface area contributed by atoms with E-state index in [9.17, 15) is 0 Å². The Hall–Kier alpha value is -4.26. The Bertz CT molecular complexity index is 1180. The molecule has 4 rings (SSSR count). The first-order valence-electron chi connectivity index (χ1n) is 9.89. The van der Waals surface area contributed by atoms with Crippen molar-refractivity contribution in [3.63, 3.8) is 0 Å². The van der Waals surface area contributed by atoms with E-state index in [1.165, 1.54) is 18.1 Å². The summed E-state index contributed by atoms with van der Waals surface area (Å²) in [5, 5.41) is 13.9. The van der Waals surface area contributed by atoms with Crippen LogP contribution in [0.4, 0.5) is 23.3 Å². The second-order valence-corrected chi connectivity index (χ2v) is 7.50. The van der Waals surface area contributed by atoms with Crippen molar-refractivity contribution < 1.29 is 18.9 Å². The molecular weight excluding hydrogens is 460 g/mol. The summed E-state index contributed by atoms with van der Waals surface area (Å²) in [4.78, 5) is 17.6. The Morgan fingerprint density at radius 2 is 1.24 bits per heavy atom. The first-order chi connectivity index (χ1) is 16.6. The van der Waals surface area contributed by atoms with Crippen LogP contribution in [0.25, 0.3) is 0 Å². The lowest BCUT2D eigenvalue weighted by molar-refractivity contribution is 0.355. The third-order valence-electron chi connectivity index (χ3n) is 4.48. The summed E-state index contributed by atoms with van der Waals surface area (Å²) in [7, 11) is 6.30. The highest BCUT2D eigenvalue weighted by Crippen LogP contribution is 2.33. The zero-order valence-corrected chi connectivity index (χ0v) is 19.6. The molecule has 0 aliphatic carbocycles. The minimum Gasteiger partial charge on any atom is -0.493 e. The fourth-order valence-corrected chi connectivity index (χ4v) is 3.57. The van der Waals surface area contributed by atoms with Crippen molar-refractivity contribution in [2.24, 2.45) is 0 Å². The van der Waals surface area contributed by atoms with Gasteiger partial charge in [0.05, 0.1) is 28.4 Å². The number of nitrogens with one attached hydrogen (secondary N) is 3. The maximum Gasteiger partial charge on any atom is 0.233 e. The number of benzene rings is 2. The molecule has 0 aliphatic rings. The second kappa shape index (κ2) is 10.6. The highest BCUT2D eigenvalue weighted by molar-refractivity contribution is 7.99. The molecule has 2 aromatic carbocycles. The molecule has 3 N–H and O–H groups in total. The van der Waals surface area contributed by atoms with Crippen molar-refractivity contribution in [1.82, 2.24) is 30.1 Å². The van der Waals surface area contributed by atoms with E-state index in [0.29, 0.717) is 56.6 Å². The van der Waals surface area contributed by atoms with Gasteiger partial charge in [-0.15, -0.1) is 0 Å². The zero-order chi connectivity index (χ0) is 23.9. The van der Waals surface area contributed by atoms with Gasteiger partial charge in [0.2, 0.25) is 17.1 Å². The molecule has 2 aromatic heterocycles. The lowest BCUT2D eigenvalue weighted by Gasteiger charge is -2.13. The maximum atomic E-state index is 5.38. The average Bonchev–Trinajstić information content (AvgIpc) is 3.36. The molecule has 34 heavy (non-hydrogen) atoms. The number of rotatable bonds is 10. The monoisotopic (exact) mass is 482 g/mol. The normalized spacial score (nSPS) is 10.5. The summed E-state index contributed by atoms with van der Waals surface area (Å²) in [6, 6.07) is 10.8. The molecule has 0 amide bonds. The second-order valence-electron chi connectivity index (χ2n) is 6.55. The topological polar surface area (TPSA) is 141 Å². The van der Waals surface area contributed by atoms with Gasteiger partial charge in [0, 0.05) is 23.5 Å². The van der Waals surface area contributed by atoms with E-state index in [4.69, 9.17) is 18.9 Å². The average molecular weight is 483 g/mol. The van der Waals surface area contributed by atoms with Crippen LogP contribution in [0.15, 0.2) is 53.0 Å². The SMILES string of the molecule is COc1ccc(Nc2nc(Nc3ccc(OC)c(OC)c3)nc(Sc3ncn[nH]3)n2)cc1OC. The predicted molar refractivity (Wildman–Crippen MR) is 126 cm³/mol. The van der Waals surface area contributed by atoms with Crippen molar-refractivity contribution >= 4 is 35.0 Å². The van der Waals surface area contributed by atoms with Crippen molar-refractivity contribution in [1.29, 1.82) is 0 Å². The molecule has 0 bridgehead atoms. The standard InChI is InChI=1S/C21H22N8O4S/c1-30-14-7-5-12(9-16(14)32-3)24-18-26-19(28-21(27-18)34-20-22-11-23-29-20)25-13-6-8-15(31-2)17(10-13)33-4/h5-11H,1-4H3,(H,22,23,29)(H2,24,25,26,27,28). The fraction of sp³-hybridized carbons (Fsp3) is 0.190. The van der Waals surface area contributed by atoms with Gasteiger partial charge in [-0.3, -0.25) is 5.10 Å². The van der Waals surface area contributed by atoms with E-state index in [1.807, 2.05) is 12.1 Å². The van der Waals surface area contributed by atoms with Crippen LogP contribution in [0.3, 0.4) is 0 Å². The molecule has 176 valence electrons. The van der Waals surface area contributed by atoms with E-state index in [2.05, 4.69) is 40.8 Å². The van der Waals surface area contributed by atoms with Gasteiger partial charge in [-0.1, -0.05) is 0 Å². The molecule has 0 spiro atoms. The molecule has 0 radical (unpaired) electrons. The highest BCUT2D eigenvalue weighted by Gasteiger charge is 2.13. The lowest BCUT2D eigenvalue weighted by Crippen LogP contribution is -2.05. The Labute approximate surface area is 199 Å². The summed E-state index contributed by atoms with van der Waals surface area (Å²) in [6.07, 6.45) is 1.41. The van der Waals surface area contributed by atoms with Gasteiger partial charge in [-0.05, 0) is 36.0 Å². The Morgan fingerprint density at radius 3 is 1.68 bits per heavy atom. The summed E-state index contributed by atoms with van der Waals surface area (Å²) >= 11 is 1.21. The summed E-state index contributed by atoms with van der Waals surface area (Å²) < 4.78 is 21.3. The molecule has 13 heteroatoms. The molecule has 0 aliphatic heterocycles. The Balaban J connectivity index is 1.65. The minimum atomic E-state index is 0.312. The molecule has 0 atom stereocenters. The zero-order valence-electron chi connectivity index (χ0n) is 18.8. The van der Waals surface area contributed by atoms with Gasteiger partial charge >= 0.3 is 0 Å². The molecule has 2 heterocycles. The molecule has 0 unspecified atom stereocenters. The number of aromatic nitrogens is 6. The number of H-pyrrole nitrogens is 1. The molecular formula is C21H22N8O4S. The summed E-state index contributed by atoms with van der Waals surface area (Å²) in [5.41, 5.74) is 1.41. The van der Waals surface area contributed by atoms with Gasteiger partial charge in [0.1, 0.15) is 6.33 Å². The number of nitrogens with zero attached hydrogens (tertiary/aromatic N) is 5. The predicted octanol–water partition coefficient (Wildman–Crippen LogP) is 3.66. The summed E-state index contributed by atoms with van der Waals surface area (Å²) in [6.45, 7) is 0. The lowest BCUT2D eigenvalue weighted by atomic mass is 10.2. The number of hydrogen-bond acceptors (Lipinski definition) is 12. The first-order valence-corrected chi connectivity index (χ1v) is 10.7. The Kier molecular flexibility index (Phi) is 7.13. The van der Waals surface area contributed by atoms with Crippen LogP contribution in [-0.4, -0.2) is 58.6 Å². The quantitative estimate of drug-likeness (QED) is 0.304. The van der Waals surface area contributed by atoms with Crippen LogP contribution in [0.2, 0.25) is 0 Å². The molecule has 12 nitrogen and oxygen atoms in total. The Morgan fingerprint density at radius 1 is 0.706 bits per heavy atom. The van der Waals surface area contributed by atoms with Crippen LogP contribution < -0.4 is 29.6 Å². The third kappa shape index (κ3) is 5.38. The van der Waals surface area contributed by atoms with E-state index in [0.717, 1.165) is 0 Å². The van der Waals surface area contributed by atoms with Crippen LogP contribution >= 0.6 is 11.8 Å². The molecule has 0 saturated carbocycles. The maximum absolute atomic E-state index is 5.38. The van der Waals surface area contributed by atoms with Crippen LogP contribution in [0.1, 0.15) is 0 Å². The van der Waals surface area contributed by atoms with Crippen molar-refractivity contribution in [2.75, 3.05) is 39.1 Å². The number of anilines is 4. The number of aromatic amines is 1. The molecule has 0 saturated heterocycles. The highest BCUT2D eigenvalue weighted by atomic mass is 32.2. The summed E-state index contributed by atoms with van der Waals surface area (Å²) in [5.74, 6) is 2.99. The van der Waals surface area contributed by atoms with E-state index in [1.54, 1.807) is 52.7 Å². The number of methoxy groups -OCH3 is 4.